The number of nitrogens with zero attached hydrogens (tertiary/aromatic N) is 2. The first-order valence-electron chi connectivity index (χ1n) is 6.19. The molecule has 0 aliphatic carbocycles. The van der Waals surface area contributed by atoms with Crippen molar-refractivity contribution < 1.29 is 0 Å². The van der Waals surface area contributed by atoms with Gasteiger partial charge >= 0.3 is 0 Å². The van der Waals surface area contributed by atoms with Gasteiger partial charge in [-0.05, 0) is 53.4 Å². The van der Waals surface area contributed by atoms with Crippen molar-refractivity contribution in [2.24, 2.45) is 0 Å². The number of alkyl halides is 1. The van der Waals surface area contributed by atoms with Gasteiger partial charge in [-0.2, -0.15) is 0 Å². The van der Waals surface area contributed by atoms with Crippen LogP contribution in [-0.4, -0.2) is 27.8 Å². The van der Waals surface area contributed by atoms with Crippen LogP contribution in [0.15, 0.2) is 22.9 Å². The molecule has 1 fully saturated rings. The van der Waals surface area contributed by atoms with E-state index in [1.54, 1.807) is 0 Å². The Morgan fingerprint density at radius 2 is 2.24 bits per heavy atom. The van der Waals surface area contributed by atoms with Crippen molar-refractivity contribution in [3.63, 3.8) is 0 Å². The number of rotatable bonds is 4. The van der Waals surface area contributed by atoms with Crippen molar-refractivity contribution in [1.29, 1.82) is 0 Å². The lowest BCUT2D eigenvalue weighted by molar-refractivity contribution is 0.137. The maximum Gasteiger partial charge on any atom is 0.0410 e. The zero-order valence-corrected chi connectivity index (χ0v) is 13.1. The number of likely N-dealkylation sites (tertiary alicyclic amines) is 1. The van der Waals surface area contributed by atoms with Crippen LogP contribution in [-0.2, 0) is 6.54 Å². The third kappa shape index (κ3) is 4.04. The monoisotopic (exact) mass is 360 g/mol. The highest BCUT2D eigenvalue weighted by Crippen LogP contribution is 2.23. The van der Waals surface area contributed by atoms with E-state index in [1.807, 2.05) is 12.4 Å². The van der Waals surface area contributed by atoms with Gasteiger partial charge in [-0.15, -0.1) is 0 Å². The van der Waals surface area contributed by atoms with Crippen LogP contribution < -0.4 is 0 Å². The predicted molar refractivity (Wildman–Crippen MR) is 78.4 cm³/mol. The van der Waals surface area contributed by atoms with E-state index >= 15 is 0 Å². The highest BCUT2D eigenvalue weighted by atomic mass is 79.9. The number of piperidine rings is 1. The first-order chi connectivity index (χ1) is 8.29. The minimum atomic E-state index is 0.738. The summed E-state index contributed by atoms with van der Waals surface area (Å²) in [7, 11) is 0. The first-order valence-corrected chi connectivity index (χ1v) is 8.10. The van der Waals surface area contributed by atoms with Gasteiger partial charge in [-0.1, -0.05) is 22.4 Å². The van der Waals surface area contributed by atoms with Crippen LogP contribution in [0.2, 0.25) is 0 Å². The largest absolute Gasteiger partial charge is 0.296 e. The SMILES string of the molecule is BrCCC1CCCCN1Cc1cncc(Br)c1. The summed E-state index contributed by atoms with van der Waals surface area (Å²) in [6.07, 6.45) is 9.12. The average molecular weight is 362 g/mol. The van der Waals surface area contributed by atoms with Gasteiger partial charge in [0, 0.05) is 34.8 Å². The molecule has 4 heteroatoms. The molecule has 0 radical (unpaired) electrons. The van der Waals surface area contributed by atoms with Gasteiger partial charge in [-0.25, -0.2) is 0 Å². The summed E-state index contributed by atoms with van der Waals surface area (Å²) in [5, 5.41) is 1.10. The molecule has 0 aromatic carbocycles. The number of halogens is 2. The highest BCUT2D eigenvalue weighted by molar-refractivity contribution is 9.10. The second-order valence-electron chi connectivity index (χ2n) is 4.61. The Labute approximate surface area is 120 Å². The molecule has 2 heterocycles. The summed E-state index contributed by atoms with van der Waals surface area (Å²) in [5.74, 6) is 0. The molecule has 0 saturated carbocycles. The van der Waals surface area contributed by atoms with Gasteiger partial charge in [0.1, 0.15) is 0 Å². The lowest BCUT2D eigenvalue weighted by Gasteiger charge is -2.35. The van der Waals surface area contributed by atoms with Crippen LogP contribution in [0.5, 0.6) is 0 Å². The van der Waals surface area contributed by atoms with Crippen LogP contribution in [0.3, 0.4) is 0 Å². The van der Waals surface area contributed by atoms with Crippen LogP contribution >= 0.6 is 31.9 Å². The zero-order chi connectivity index (χ0) is 12.1. The van der Waals surface area contributed by atoms with E-state index in [0.29, 0.717) is 0 Å². The van der Waals surface area contributed by atoms with Crippen LogP contribution in [0.4, 0.5) is 0 Å². The van der Waals surface area contributed by atoms with Gasteiger partial charge in [0.05, 0.1) is 0 Å². The Kier molecular flexibility index (Phi) is 5.45. The quantitative estimate of drug-likeness (QED) is 0.754. The summed E-state index contributed by atoms with van der Waals surface area (Å²) >= 11 is 7.05. The number of hydrogen-bond donors (Lipinski definition) is 0. The van der Waals surface area contributed by atoms with Gasteiger partial charge in [0.15, 0.2) is 0 Å². The molecular weight excluding hydrogens is 344 g/mol. The summed E-state index contributed by atoms with van der Waals surface area (Å²) < 4.78 is 1.07. The third-order valence-electron chi connectivity index (χ3n) is 3.34. The minimum Gasteiger partial charge on any atom is -0.296 e. The highest BCUT2D eigenvalue weighted by Gasteiger charge is 2.21. The molecular formula is C13H18Br2N2. The molecule has 0 spiro atoms. The van der Waals surface area contributed by atoms with E-state index in [1.165, 1.54) is 37.8 Å². The summed E-state index contributed by atoms with van der Waals surface area (Å²) in [4.78, 5) is 6.84. The van der Waals surface area contributed by atoms with Crippen molar-refractivity contribution in [1.82, 2.24) is 9.88 Å². The molecule has 0 bridgehead atoms. The standard InChI is InChI=1S/C13H18Br2N2/c14-5-4-13-3-1-2-6-17(13)10-11-7-12(15)9-16-8-11/h7-9,13H,1-6,10H2. The fraction of sp³-hybridized carbons (Fsp3) is 0.615. The molecule has 1 saturated heterocycles. The van der Waals surface area contributed by atoms with Gasteiger partial charge in [-0.3, -0.25) is 9.88 Å². The maximum absolute atomic E-state index is 4.24. The molecule has 17 heavy (non-hydrogen) atoms. The molecule has 1 aromatic rings. The Morgan fingerprint density at radius 3 is 3.00 bits per heavy atom. The van der Waals surface area contributed by atoms with Crippen molar-refractivity contribution in [3.8, 4) is 0 Å². The fourth-order valence-corrected chi connectivity index (χ4v) is 3.44. The number of hydrogen-bond acceptors (Lipinski definition) is 2. The fourth-order valence-electron chi connectivity index (χ4n) is 2.50. The Bertz CT molecular complexity index is 355. The van der Waals surface area contributed by atoms with Gasteiger partial charge < -0.3 is 0 Å². The molecule has 1 unspecified atom stereocenters. The topological polar surface area (TPSA) is 16.1 Å². The van der Waals surface area contributed by atoms with E-state index < -0.39 is 0 Å². The van der Waals surface area contributed by atoms with Crippen LogP contribution in [0.25, 0.3) is 0 Å². The smallest absolute Gasteiger partial charge is 0.0410 e. The lowest BCUT2D eigenvalue weighted by atomic mass is 9.99. The first kappa shape index (κ1) is 13.5. The normalized spacial score (nSPS) is 21.6. The molecule has 2 rings (SSSR count). The van der Waals surface area contributed by atoms with Crippen LogP contribution in [0, 0.1) is 0 Å². The molecule has 94 valence electrons. The van der Waals surface area contributed by atoms with Crippen molar-refractivity contribution in [2.45, 2.75) is 38.3 Å². The summed E-state index contributed by atoms with van der Waals surface area (Å²) in [5.41, 5.74) is 1.31. The molecule has 1 aliphatic heterocycles. The van der Waals surface area contributed by atoms with Crippen molar-refractivity contribution in [3.05, 3.63) is 28.5 Å². The second kappa shape index (κ2) is 6.86. The van der Waals surface area contributed by atoms with Crippen LogP contribution in [0.1, 0.15) is 31.2 Å². The predicted octanol–water partition coefficient (Wildman–Crippen LogP) is 3.98. The minimum absolute atomic E-state index is 0.738. The van der Waals surface area contributed by atoms with E-state index in [4.69, 9.17) is 0 Å². The van der Waals surface area contributed by atoms with Crippen molar-refractivity contribution >= 4 is 31.9 Å². The zero-order valence-electron chi connectivity index (χ0n) is 9.91. The van der Waals surface area contributed by atoms with Gasteiger partial charge in [0.25, 0.3) is 0 Å². The van der Waals surface area contributed by atoms with E-state index in [-0.39, 0.29) is 0 Å². The average Bonchev–Trinajstić information content (AvgIpc) is 2.32. The van der Waals surface area contributed by atoms with Crippen molar-refractivity contribution in [2.75, 3.05) is 11.9 Å². The molecule has 1 aromatic heterocycles. The lowest BCUT2D eigenvalue weighted by Crippen LogP contribution is -2.39. The van der Waals surface area contributed by atoms with E-state index in [9.17, 15) is 0 Å². The maximum atomic E-state index is 4.24. The van der Waals surface area contributed by atoms with E-state index in [2.05, 4.69) is 47.8 Å². The second-order valence-corrected chi connectivity index (χ2v) is 6.32. The van der Waals surface area contributed by atoms with E-state index in [0.717, 1.165) is 22.4 Å². The summed E-state index contributed by atoms with van der Waals surface area (Å²) in [6, 6.07) is 2.91. The Balaban J connectivity index is 2.00. The molecule has 2 nitrogen and oxygen atoms in total. The Hall–Kier alpha value is 0.0700. The summed E-state index contributed by atoms with van der Waals surface area (Å²) in [6.45, 7) is 2.26. The molecule has 1 atom stereocenters. The molecule has 1 aliphatic rings. The Morgan fingerprint density at radius 1 is 1.35 bits per heavy atom. The number of pyridine rings is 1. The third-order valence-corrected chi connectivity index (χ3v) is 4.23. The van der Waals surface area contributed by atoms with Gasteiger partial charge in [0.2, 0.25) is 0 Å². The molecule has 0 amide bonds. The number of aromatic nitrogens is 1. The molecule has 0 N–H and O–H groups in total.